The first-order valence-electron chi connectivity index (χ1n) is 9.78. The fourth-order valence-electron chi connectivity index (χ4n) is 4.04. The maximum atomic E-state index is 12.6. The van der Waals surface area contributed by atoms with E-state index in [9.17, 15) is 9.59 Å². The molecule has 0 saturated carbocycles. The van der Waals surface area contributed by atoms with E-state index in [0.717, 1.165) is 49.5 Å². The average molecular weight is 378 g/mol. The second-order valence-corrected chi connectivity index (χ2v) is 7.78. The second kappa shape index (κ2) is 8.02. The van der Waals surface area contributed by atoms with E-state index in [2.05, 4.69) is 39.8 Å². The van der Waals surface area contributed by atoms with Gasteiger partial charge < -0.3 is 15.5 Å². The molecule has 2 aromatic rings. The summed E-state index contributed by atoms with van der Waals surface area (Å²) in [5.41, 5.74) is 3.82. The van der Waals surface area contributed by atoms with E-state index in [1.54, 1.807) is 4.90 Å². The fourth-order valence-corrected chi connectivity index (χ4v) is 4.04. The predicted octanol–water partition coefficient (Wildman–Crippen LogP) is 3.17. The third-order valence-electron chi connectivity index (χ3n) is 5.48. The molecule has 2 aromatic carbocycles. The van der Waals surface area contributed by atoms with E-state index in [-0.39, 0.29) is 11.9 Å². The summed E-state index contributed by atoms with van der Waals surface area (Å²) in [7, 11) is 1.84. The van der Waals surface area contributed by atoms with E-state index >= 15 is 0 Å². The number of urea groups is 1. The Morgan fingerprint density at radius 1 is 1.25 bits per heavy atom. The summed E-state index contributed by atoms with van der Waals surface area (Å²) < 4.78 is 0. The van der Waals surface area contributed by atoms with Crippen LogP contribution < -0.4 is 10.6 Å². The number of anilines is 2. The summed E-state index contributed by atoms with van der Waals surface area (Å²) >= 11 is 0. The van der Waals surface area contributed by atoms with Crippen molar-refractivity contribution in [2.24, 2.45) is 5.92 Å². The number of benzene rings is 2. The van der Waals surface area contributed by atoms with Crippen LogP contribution in [0.1, 0.15) is 17.5 Å². The van der Waals surface area contributed by atoms with E-state index < -0.39 is 0 Å². The first-order valence-corrected chi connectivity index (χ1v) is 9.78. The van der Waals surface area contributed by atoms with Crippen LogP contribution in [0.25, 0.3) is 0 Å². The average Bonchev–Trinajstić information content (AvgIpc) is 3.27. The van der Waals surface area contributed by atoms with Crippen LogP contribution in [-0.2, 0) is 17.8 Å². The molecule has 2 heterocycles. The van der Waals surface area contributed by atoms with Gasteiger partial charge in [0, 0.05) is 38.1 Å². The van der Waals surface area contributed by atoms with Crippen LogP contribution in [0.3, 0.4) is 0 Å². The molecule has 0 bridgehead atoms. The van der Waals surface area contributed by atoms with Gasteiger partial charge in [0.1, 0.15) is 0 Å². The van der Waals surface area contributed by atoms with Crippen molar-refractivity contribution in [1.82, 2.24) is 9.80 Å². The highest BCUT2D eigenvalue weighted by Crippen LogP contribution is 2.26. The maximum absolute atomic E-state index is 12.6. The lowest BCUT2D eigenvalue weighted by Crippen LogP contribution is -2.36. The largest absolute Gasteiger partial charge is 0.327 e. The van der Waals surface area contributed by atoms with Crippen molar-refractivity contribution >= 4 is 23.3 Å². The number of amides is 3. The number of fused-ring (bicyclic) bond motifs is 1. The smallest absolute Gasteiger partial charge is 0.321 e. The zero-order valence-corrected chi connectivity index (χ0v) is 16.1. The molecule has 0 radical (unpaired) electrons. The van der Waals surface area contributed by atoms with Crippen molar-refractivity contribution in [3.63, 3.8) is 0 Å². The summed E-state index contributed by atoms with van der Waals surface area (Å²) in [5, 5.41) is 5.75. The van der Waals surface area contributed by atoms with Gasteiger partial charge in [0.25, 0.3) is 0 Å². The number of nitrogens with zero attached hydrogens (tertiary/aromatic N) is 2. The van der Waals surface area contributed by atoms with Crippen molar-refractivity contribution in [2.45, 2.75) is 19.4 Å². The van der Waals surface area contributed by atoms with Crippen molar-refractivity contribution in [1.29, 1.82) is 0 Å². The molecule has 2 aliphatic heterocycles. The number of likely N-dealkylation sites (tertiary alicyclic amines) is 1. The molecular formula is C22H26N4O2. The molecule has 2 N–H and O–H groups in total. The van der Waals surface area contributed by atoms with Crippen LogP contribution in [0.15, 0.2) is 48.5 Å². The number of nitrogens with one attached hydrogen (secondary N) is 2. The number of hydrogen-bond acceptors (Lipinski definition) is 3. The standard InChI is InChI=1S/C22H26N4O2/c1-25(13-17-9-10-26(15-17)14-16-5-3-2-4-6-16)22(28)23-19-7-8-20-18(11-19)12-21(27)24-20/h2-8,11,17H,9-10,12-15H2,1H3,(H,23,28)(H,24,27). The molecule has 1 unspecified atom stereocenters. The monoisotopic (exact) mass is 378 g/mol. The molecule has 1 saturated heterocycles. The van der Waals surface area contributed by atoms with Gasteiger partial charge in [-0.25, -0.2) is 4.79 Å². The minimum atomic E-state index is -0.112. The summed E-state index contributed by atoms with van der Waals surface area (Å²) in [6.07, 6.45) is 1.48. The molecule has 3 amide bonds. The molecule has 28 heavy (non-hydrogen) atoms. The van der Waals surface area contributed by atoms with Gasteiger partial charge in [0.15, 0.2) is 0 Å². The summed E-state index contributed by atoms with van der Waals surface area (Å²) in [4.78, 5) is 28.2. The second-order valence-electron chi connectivity index (χ2n) is 7.78. The first kappa shape index (κ1) is 18.5. The number of carbonyl (C=O) groups is 2. The van der Waals surface area contributed by atoms with Gasteiger partial charge in [-0.2, -0.15) is 0 Å². The zero-order chi connectivity index (χ0) is 19.5. The Labute approximate surface area is 165 Å². The van der Waals surface area contributed by atoms with Gasteiger partial charge in [0.05, 0.1) is 6.42 Å². The molecule has 4 rings (SSSR count). The molecule has 2 aliphatic rings. The topological polar surface area (TPSA) is 64.7 Å². The van der Waals surface area contributed by atoms with Crippen LogP contribution in [0.4, 0.5) is 16.2 Å². The van der Waals surface area contributed by atoms with E-state index in [1.807, 2.05) is 31.3 Å². The van der Waals surface area contributed by atoms with Crippen molar-refractivity contribution in [3.05, 3.63) is 59.7 Å². The molecular weight excluding hydrogens is 352 g/mol. The van der Waals surface area contributed by atoms with E-state index in [1.165, 1.54) is 5.56 Å². The van der Waals surface area contributed by atoms with E-state index in [0.29, 0.717) is 12.3 Å². The Bertz CT molecular complexity index is 868. The molecule has 0 aliphatic carbocycles. The van der Waals surface area contributed by atoms with Crippen LogP contribution in [0, 0.1) is 5.92 Å². The van der Waals surface area contributed by atoms with E-state index in [4.69, 9.17) is 0 Å². The third kappa shape index (κ3) is 4.34. The molecule has 1 fully saturated rings. The number of rotatable bonds is 5. The first-order chi connectivity index (χ1) is 13.6. The molecule has 0 aromatic heterocycles. The Hall–Kier alpha value is -2.86. The van der Waals surface area contributed by atoms with Gasteiger partial charge in [-0.15, -0.1) is 0 Å². The Kier molecular flexibility index (Phi) is 5.30. The minimum absolute atomic E-state index is 0.00288. The molecule has 6 nitrogen and oxygen atoms in total. The van der Waals surface area contributed by atoms with Crippen molar-refractivity contribution < 1.29 is 9.59 Å². The lowest BCUT2D eigenvalue weighted by Gasteiger charge is -2.22. The predicted molar refractivity (Wildman–Crippen MR) is 110 cm³/mol. The van der Waals surface area contributed by atoms with Gasteiger partial charge in [-0.05, 0) is 48.2 Å². The lowest BCUT2D eigenvalue weighted by atomic mass is 10.1. The van der Waals surface area contributed by atoms with Crippen molar-refractivity contribution in [2.75, 3.05) is 37.3 Å². The van der Waals surface area contributed by atoms with Crippen LogP contribution >= 0.6 is 0 Å². The van der Waals surface area contributed by atoms with Gasteiger partial charge in [-0.3, -0.25) is 9.69 Å². The SMILES string of the molecule is CN(CC1CCN(Cc2ccccc2)C1)C(=O)Nc1ccc2c(c1)CC(=O)N2. The highest BCUT2D eigenvalue weighted by molar-refractivity contribution is 6.00. The third-order valence-corrected chi connectivity index (χ3v) is 5.48. The number of hydrogen-bond donors (Lipinski definition) is 2. The summed E-state index contributed by atoms with van der Waals surface area (Å²) in [6, 6.07) is 15.9. The van der Waals surface area contributed by atoms with Gasteiger partial charge >= 0.3 is 6.03 Å². The molecule has 0 spiro atoms. The summed E-state index contributed by atoms with van der Waals surface area (Å²) in [6.45, 7) is 3.79. The quantitative estimate of drug-likeness (QED) is 0.840. The highest BCUT2D eigenvalue weighted by atomic mass is 16.2. The fraction of sp³-hybridized carbons (Fsp3) is 0.364. The van der Waals surface area contributed by atoms with Crippen LogP contribution in [-0.4, -0.2) is 48.4 Å². The van der Waals surface area contributed by atoms with Crippen LogP contribution in [0.5, 0.6) is 0 Å². The highest BCUT2D eigenvalue weighted by Gasteiger charge is 2.25. The number of carbonyl (C=O) groups excluding carboxylic acids is 2. The molecule has 1 atom stereocenters. The normalized spacial score (nSPS) is 18.6. The Morgan fingerprint density at radius 2 is 2.07 bits per heavy atom. The van der Waals surface area contributed by atoms with Gasteiger partial charge in [0.2, 0.25) is 5.91 Å². The minimum Gasteiger partial charge on any atom is -0.327 e. The summed E-state index contributed by atoms with van der Waals surface area (Å²) in [5.74, 6) is 0.484. The Balaban J connectivity index is 1.27. The molecule has 146 valence electrons. The maximum Gasteiger partial charge on any atom is 0.321 e. The van der Waals surface area contributed by atoms with Crippen molar-refractivity contribution in [3.8, 4) is 0 Å². The lowest BCUT2D eigenvalue weighted by molar-refractivity contribution is -0.115. The van der Waals surface area contributed by atoms with Crippen LogP contribution in [0.2, 0.25) is 0 Å². The Morgan fingerprint density at radius 3 is 2.89 bits per heavy atom. The zero-order valence-electron chi connectivity index (χ0n) is 16.1. The molecule has 6 heteroatoms. The van der Waals surface area contributed by atoms with Gasteiger partial charge in [-0.1, -0.05) is 30.3 Å².